The maximum Gasteiger partial charge on any atom is 0.195 e. The zero-order valence-electron chi connectivity index (χ0n) is 10.3. The van der Waals surface area contributed by atoms with Crippen molar-refractivity contribution in [3.63, 3.8) is 0 Å². The standard InChI is InChI=1S/C10H12NO.C2H6.Rf/c1-7-4-5-9(8(2)6-7)10(12)11-3;1-2;/h5-6H,1-3H3,(H,11,12);1-2H3;/q-1;;. The Morgan fingerprint density at radius 1 is 1.33 bits per heavy atom. The van der Waals surface area contributed by atoms with E-state index in [9.17, 15) is 4.79 Å². The van der Waals surface area contributed by atoms with E-state index in [0.717, 1.165) is 11.1 Å². The summed E-state index contributed by atoms with van der Waals surface area (Å²) >= 11 is 0. The molecule has 0 saturated heterocycles. The van der Waals surface area contributed by atoms with Gasteiger partial charge in [0.1, 0.15) is 0 Å². The van der Waals surface area contributed by atoms with Crippen molar-refractivity contribution < 1.29 is 4.79 Å². The second-order valence-corrected chi connectivity index (χ2v) is 2.79. The minimum Gasteiger partial charge on any atom is -0.365 e. The number of aryl methyl sites for hydroxylation is 2. The first-order valence-electron chi connectivity index (χ1n) is 4.86. The molecule has 0 unspecified atom stereocenters. The molecule has 1 aromatic rings. The number of hydrogen-bond donors (Lipinski definition) is 1. The van der Waals surface area contributed by atoms with Crippen molar-refractivity contribution in [1.29, 1.82) is 0 Å². The largest absolute Gasteiger partial charge is 0.365 e. The van der Waals surface area contributed by atoms with Crippen LogP contribution in [0.15, 0.2) is 12.1 Å². The molecule has 0 bridgehead atoms. The molecule has 2 nitrogen and oxygen atoms in total. The molecule has 0 heterocycles. The van der Waals surface area contributed by atoms with Crippen LogP contribution in [-0.2, 0) is 0 Å². The van der Waals surface area contributed by atoms with Crippen LogP contribution in [0.25, 0.3) is 0 Å². The first-order valence-corrected chi connectivity index (χ1v) is 4.86. The molecule has 80 valence electrons. The predicted octanol–water partition coefficient (Wildman–Crippen LogP) is 2.49. The Hall–Kier alpha value is -2.31. The molecule has 0 aliphatic heterocycles. The fourth-order valence-electron chi connectivity index (χ4n) is 1.12. The normalized spacial score (nSPS) is 8.07. The molecule has 0 spiro atoms. The average molecular weight is 459 g/mol. The third-order valence-corrected chi connectivity index (χ3v) is 1.77. The molecule has 0 atom stereocenters. The van der Waals surface area contributed by atoms with Crippen LogP contribution in [0.5, 0.6) is 0 Å². The summed E-state index contributed by atoms with van der Waals surface area (Å²) in [7, 11) is 1.63. The number of amides is 1. The van der Waals surface area contributed by atoms with Gasteiger partial charge in [0.2, 0.25) is 0 Å². The molecular weight excluding hydrogens is 441 g/mol. The number of rotatable bonds is 1. The number of carbonyl (C=O) groups excluding carboxylic acids is 1. The summed E-state index contributed by atoms with van der Waals surface area (Å²) in [6, 6.07) is 6.67. The van der Waals surface area contributed by atoms with Crippen LogP contribution < -0.4 is 5.32 Å². The molecule has 1 aromatic carbocycles. The van der Waals surface area contributed by atoms with Crippen LogP contribution in [-0.4, -0.2) is 13.0 Å². The van der Waals surface area contributed by atoms with Crippen molar-refractivity contribution in [2.24, 2.45) is 0 Å². The van der Waals surface area contributed by atoms with Crippen molar-refractivity contribution >= 4 is 5.91 Å². The second-order valence-electron chi connectivity index (χ2n) is 2.79. The molecule has 3 heteroatoms. The maximum atomic E-state index is 11.2. The van der Waals surface area contributed by atoms with E-state index in [-0.39, 0.29) is 5.91 Å². The van der Waals surface area contributed by atoms with Crippen LogP contribution in [0.1, 0.15) is 35.3 Å². The van der Waals surface area contributed by atoms with Crippen LogP contribution in [0, 0.1) is 19.9 Å². The third-order valence-electron chi connectivity index (χ3n) is 1.77. The van der Waals surface area contributed by atoms with E-state index in [1.165, 1.54) is 0 Å². The van der Waals surface area contributed by atoms with Gasteiger partial charge in [-0.2, -0.15) is 23.8 Å². The Labute approximate surface area is 86.3 Å². The van der Waals surface area contributed by atoms with Gasteiger partial charge in [0.15, 0.2) is 5.91 Å². The first-order chi connectivity index (χ1) is 6.65. The molecule has 1 rings (SSSR count). The average Bonchev–Trinajstić information content (AvgIpc) is 2.20. The van der Waals surface area contributed by atoms with E-state index in [1.807, 2.05) is 33.8 Å². The Balaban J connectivity index is 0. The van der Waals surface area contributed by atoms with Gasteiger partial charge in [0, 0.05) is 7.05 Å². The van der Waals surface area contributed by atoms with E-state index in [1.54, 1.807) is 13.1 Å². The van der Waals surface area contributed by atoms with E-state index in [0.29, 0.717) is 5.56 Å². The summed E-state index contributed by atoms with van der Waals surface area (Å²) in [5.41, 5.74) is 2.74. The van der Waals surface area contributed by atoms with Gasteiger partial charge in [-0.25, -0.2) is 0 Å². The fraction of sp³-hybridized carbons (Fsp3) is 0.417. The molecule has 1 amide bonds. The SMILES string of the molecule is CC.CNC(=O)c1c[c-]c(C)cc1C.[Rf]. The van der Waals surface area contributed by atoms with Crippen LogP contribution >= 0.6 is 0 Å². The van der Waals surface area contributed by atoms with E-state index < -0.39 is 0 Å². The van der Waals surface area contributed by atoms with Crippen molar-refractivity contribution in [2.45, 2.75) is 27.7 Å². The Kier molecular flexibility index (Phi) is 7.21. The van der Waals surface area contributed by atoms with Gasteiger partial charge in [0.05, 0.1) is 0 Å². The third kappa shape index (κ3) is 3.94. The summed E-state index contributed by atoms with van der Waals surface area (Å²) in [5.74, 6) is -0.0521. The molecule has 0 fully saturated rings. The van der Waals surface area contributed by atoms with Crippen molar-refractivity contribution in [2.75, 3.05) is 7.05 Å². The Bertz CT molecular complexity index is 310. The fourth-order valence-corrected chi connectivity index (χ4v) is 1.12. The van der Waals surface area contributed by atoms with Gasteiger partial charge in [-0.15, -0.1) is 5.56 Å². The number of benzene rings is 1. The minimum atomic E-state index is -0.0521. The summed E-state index contributed by atoms with van der Waals surface area (Å²) in [5, 5.41) is 2.58. The monoisotopic (exact) mass is 459 g/mol. The maximum absolute atomic E-state index is 11.2. The zero-order chi connectivity index (χ0) is 11.1. The quantitative estimate of drug-likeness (QED) is 0.643. The summed E-state index contributed by atoms with van der Waals surface area (Å²) in [6.07, 6.45) is 0. The second kappa shape index (κ2) is 7.13. The summed E-state index contributed by atoms with van der Waals surface area (Å²) < 4.78 is 0. The molecule has 0 radical (unpaired) electrons. The summed E-state index contributed by atoms with van der Waals surface area (Å²) in [6.45, 7) is 7.88. The van der Waals surface area contributed by atoms with Crippen molar-refractivity contribution in [3.8, 4) is 0 Å². The van der Waals surface area contributed by atoms with Gasteiger partial charge < -0.3 is 5.32 Å². The molecule has 0 aromatic heterocycles. The zero-order valence-corrected chi connectivity index (χ0v) is 16.7. The molecule has 0 saturated carbocycles. The molecule has 0 aliphatic carbocycles. The van der Waals surface area contributed by atoms with E-state index >= 15 is 0 Å². The van der Waals surface area contributed by atoms with Crippen molar-refractivity contribution in [1.82, 2.24) is 5.32 Å². The topological polar surface area (TPSA) is 29.1 Å². The van der Waals surface area contributed by atoms with E-state index in [2.05, 4.69) is 11.4 Å². The van der Waals surface area contributed by atoms with Crippen molar-refractivity contribution in [3.05, 3.63) is 34.9 Å². The Morgan fingerprint density at radius 3 is 2.27 bits per heavy atom. The minimum absolute atomic E-state index is 0. The first kappa shape index (κ1) is 15.2. The number of nitrogens with one attached hydrogen (secondary N) is 1. The van der Waals surface area contributed by atoms with Gasteiger partial charge in [-0.3, -0.25) is 4.79 Å². The van der Waals surface area contributed by atoms with Gasteiger partial charge in [-0.05, 0) is 0 Å². The molecule has 15 heavy (non-hydrogen) atoms. The Morgan fingerprint density at radius 2 is 1.87 bits per heavy atom. The van der Waals surface area contributed by atoms with Crippen LogP contribution in [0.2, 0.25) is 0 Å². The van der Waals surface area contributed by atoms with Crippen LogP contribution in [0.4, 0.5) is 0 Å². The van der Waals surface area contributed by atoms with Gasteiger partial charge >= 0.3 is 0 Å². The summed E-state index contributed by atoms with van der Waals surface area (Å²) in [4.78, 5) is 11.2. The van der Waals surface area contributed by atoms with Gasteiger partial charge in [-0.1, -0.05) is 33.3 Å². The predicted molar refractivity (Wildman–Crippen MR) is 59.5 cm³/mol. The smallest absolute Gasteiger partial charge is 0.195 e. The van der Waals surface area contributed by atoms with Crippen LogP contribution in [0.3, 0.4) is 0 Å². The molecular formula is C12H18NORf-. The molecule has 1 N–H and O–H groups in total. The van der Waals surface area contributed by atoms with Gasteiger partial charge in [0.25, 0.3) is 0 Å². The number of carbonyl (C=O) groups is 1. The van der Waals surface area contributed by atoms with E-state index in [4.69, 9.17) is 0 Å². The molecule has 0 aliphatic rings. The number of hydrogen-bond acceptors (Lipinski definition) is 1.